The quantitative estimate of drug-likeness (QED) is 0.862. The van der Waals surface area contributed by atoms with Gasteiger partial charge in [-0.25, -0.2) is 4.98 Å². The molecule has 3 heterocycles. The Labute approximate surface area is 123 Å². The number of pyridine rings is 1. The number of halogens is 1. The van der Waals surface area contributed by atoms with E-state index in [0.29, 0.717) is 31.1 Å². The maximum absolute atomic E-state index is 10.3. The topological polar surface area (TPSA) is 63.4 Å². The van der Waals surface area contributed by atoms with Gasteiger partial charge >= 0.3 is 0 Å². The number of ether oxygens (including phenoxy) is 1. The number of morpholine rings is 1. The summed E-state index contributed by atoms with van der Waals surface area (Å²) < 4.78 is 29.0. The molecule has 3 rings (SSSR count). The molecule has 6 nitrogen and oxygen atoms in total. The first kappa shape index (κ1) is 9.55. The molecule has 102 valence electrons. The van der Waals surface area contributed by atoms with E-state index in [4.69, 9.17) is 8.85 Å². The van der Waals surface area contributed by atoms with Crippen LogP contribution in [0.25, 0.3) is 11.0 Å². The molecule has 1 aliphatic rings. The van der Waals surface area contributed by atoms with Crippen LogP contribution in [0.4, 0.5) is 5.82 Å². The normalized spacial score (nSPS) is 23.2. The number of aromatic nitrogens is 3. The van der Waals surface area contributed by atoms with Crippen LogP contribution in [-0.2, 0) is 11.7 Å². The van der Waals surface area contributed by atoms with Crippen LogP contribution < -0.4 is 4.90 Å². The fourth-order valence-electron chi connectivity index (χ4n) is 2.26. The molecule has 19 heavy (non-hydrogen) atoms. The number of rotatable bonds is 1. The van der Waals surface area contributed by atoms with Crippen molar-refractivity contribution in [1.29, 1.82) is 0 Å². The summed E-state index contributed by atoms with van der Waals surface area (Å²) in [6.07, 6.45) is 0. The van der Waals surface area contributed by atoms with Gasteiger partial charge in [-0.05, 0) is 22.9 Å². The Morgan fingerprint density at radius 3 is 3.21 bits per heavy atom. The molecule has 0 aromatic carbocycles. The van der Waals surface area contributed by atoms with E-state index in [9.17, 15) is 5.11 Å². The Hall–Kier alpha value is -1.34. The summed E-state index contributed by atoms with van der Waals surface area (Å²) in [4.78, 5) is 6.49. The SMILES string of the molecule is [2H]C([2H])([2H])n1nc(Br)c2nc(N3CCOC[C@H]3C)cc(O)c21. The number of fused-ring (bicyclic) bond motifs is 1. The van der Waals surface area contributed by atoms with Crippen LogP contribution in [-0.4, -0.2) is 45.7 Å². The first-order chi connectivity index (χ1) is 10.3. The van der Waals surface area contributed by atoms with E-state index in [1.165, 1.54) is 6.07 Å². The van der Waals surface area contributed by atoms with Gasteiger partial charge in [0.2, 0.25) is 0 Å². The standard InChI is InChI=1S/C12H15BrN4O2/c1-7-6-19-4-3-17(7)9-5-8(18)11-10(14-9)12(13)15-16(11)2/h5,7H,3-4,6H2,1-2H3,(H,14,18)/t7-/m1/s1/i2D3. The van der Waals surface area contributed by atoms with Crippen LogP contribution in [0, 0.1) is 0 Å². The number of aryl methyl sites for hydroxylation is 1. The number of aromatic hydroxyl groups is 1. The van der Waals surface area contributed by atoms with E-state index >= 15 is 0 Å². The van der Waals surface area contributed by atoms with Gasteiger partial charge in [-0.15, -0.1) is 0 Å². The molecule has 0 bridgehead atoms. The first-order valence-corrected chi connectivity index (χ1v) is 6.71. The lowest BCUT2D eigenvalue weighted by Crippen LogP contribution is -2.44. The van der Waals surface area contributed by atoms with Gasteiger partial charge < -0.3 is 14.7 Å². The van der Waals surface area contributed by atoms with Crippen molar-refractivity contribution in [3.63, 3.8) is 0 Å². The van der Waals surface area contributed by atoms with Crippen molar-refractivity contribution in [2.45, 2.75) is 13.0 Å². The van der Waals surface area contributed by atoms with E-state index in [2.05, 4.69) is 26.0 Å². The summed E-state index contributed by atoms with van der Waals surface area (Å²) in [5.74, 6) is 0.416. The number of anilines is 1. The highest BCUT2D eigenvalue weighted by Crippen LogP contribution is 2.32. The van der Waals surface area contributed by atoms with Gasteiger partial charge in [-0.3, -0.25) is 4.68 Å². The molecule has 1 atom stereocenters. The average molecular weight is 330 g/mol. The van der Waals surface area contributed by atoms with E-state index in [-0.39, 0.29) is 21.9 Å². The Morgan fingerprint density at radius 1 is 1.63 bits per heavy atom. The fourth-order valence-corrected chi connectivity index (χ4v) is 2.70. The smallest absolute Gasteiger partial charge is 0.154 e. The predicted octanol–water partition coefficient (Wildman–Crippen LogP) is 1.66. The summed E-state index contributed by atoms with van der Waals surface area (Å²) >= 11 is 3.22. The molecular formula is C12H15BrN4O2. The Morgan fingerprint density at radius 2 is 2.47 bits per heavy atom. The molecule has 1 aliphatic heterocycles. The number of nitrogens with zero attached hydrogens (tertiary/aromatic N) is 4. The van der Waals surface area contributed by atoms with Crippen LogP contribution in [0.15, 0.2) is 10.7 Å². The molecule has 0 aliphatic carbocycles. The lowest BCUT2D eigenvalue weighted by Gasteiger charge is -2.34. The van der Waals surface area contributed by atoms with Crippen molar-refractivity contribution in [3.05, 3.63) is 10.7 Å². The molecule has 0 saturated carbocycles. The lowest BCUT2D eigenvalue weighted by atomic mass is 10.2. The molecule has 0 unspecified atom stereocenters. The highest BCUT2D eigenvalue weighted by atomic mass is 79.9. The van der Waals surface area contributed by atoms with Gasteiger partial charge in [0.25, 0.3) is 0 Å². The third-order valence-corrected chi connectivity index (χ3v) is 3.75. The molecule has 2 aromatic heterocycles. The Kier molecular flexibility index (Phi) is 2.33. The summed E-state index contributed by atoms with van der Waals surface area (Å²) in [7, 11) is 0. The van der Waals surface area contributed by atoms with E-state index in [1.807, 2.05) is 11.8 Å². The zero-order chi connectivity index (χ0) is 16.1. The summed E-state index contributed by atoms with van der Waals surface area (Å²) in [6.45, 7) is 1.33. The maximum atomic E-state index is 10.3. The minimum atomic E-state index is -2.49. The fraction of sp³-hybridized carbons (Fsp3) is 0.500. The third-order valence-electron chi connectivity index (χ3n) is 3.22. The second kappa shape index (κ2) is 4.64. The highest BCUT2D eigenvalue weighted by Gasteiger charge is 2.23. The largest absolute Gasteiger partial charge is 0.505 e. The predicted molar refractivity (Wildman–Crippen MR) is 75.5 cm³/mol. The van der Waals surface area contributed by atoms with Crippen LogP contribution in [0.3, 0.4) is 0 Å². The van der Waals surface area contributed by atoms with Crippen LogP contribution >= 0.6 is 15.9 Å². The monoisotopic (exact) mass is 329 g/mol. The third kappa shape index (κ3) is 2.06. The second-order valence-corrected chi connectivity index (χ2v) is 5.27. The van der Waals surface area contributed by atoms with Gasteiger partial charge in [0, 0.05) is 23.7 Å². The van der Waals surface area contributed by atoms with Crippen LogP contribution in [0.2, 0.25) is 0 Å². The van der Waals surface area contributed by atoms with Crippen molar-refractivity contribution in [2.24, 2.45) is 6.98 Å². The van der Waals surface area contributed by atoms with Crippen molar-refractivity contribution in [2.75, 3.05) is 24.7 Å². The summed E-state index contributed by atoms with van der Waals surface area (Å²) in [6, 6.07) is 1.59. The molecule has 1 saturated heterocycles. The molecule has 1 fully saturated rings. The molecule has 2 aromatic rings. The lowest BCUT2D eigenvalue weighted by molar-refractivity contribution is 0.0985. The zero-order valence-corrected chi connectivity index (χ0v) is 11.9. The van der Waals surface area contributed by atoms with Crippen LogP contribution in [0.5, 0.6) is 5.75 Å². The van der Waals surface area contributed by atoms with Gasteiger partial charge in [0.1, 0.15) is 22.6 Å². The average Bonchev–Trinajstić information content (AvgIpc) is 2.77. The summed E-state index contributed by atoms with van der Waals surface area (Å²) in [5.41, 5.74) is 0.418. The summed E-state index contributed by atoms with van der Waals surface area (Å²) in [5, 5.41) is 14.2. The van der Waals surface area contributed by atoms with Gasteiger partial charge in [-0.2, -0.15) is 5.10 Å². The van der Waals surface area contributed by atoms with Gasteiger partial charge in [-0.1, -0.05) is 0 Å². The maximum Gasteiger partial charge on any atom is 0.154 e. The van der Waals surface area contributed by atoms with E-state index < -0.39 is 6.98 Å². The highest BCUT2D eigenvalue weighted by molar-refractivity contribution is 9.10. The van der Waals surface area contributed by atoms with E-state index in [0.717, 1.165) is 4.68 Å². The van der Waals surface area contributed by atoms with Crippen LogP contribution in [0.1, 0.15) is 11.0 Å². The molecule has 0 amide bonds. The van der Waals surface area contributed by atoms with Crippen molar-refractivity contribution < 1.29 is 14.0 Å². The minimum Gasteiger partial charge on any atom is -0.505 e. The van der Waals surface area contributed by atoms with Crippen molar-refractivity contribution in [1.82, 2.24) is 14.8 Å². The number of hydrogen-bond donors (Lipinski definition) is 1. The van der Waals surface area contributed by atoms with Gasteiger partial charge in [0.05, 0.1) is 19.3 Å². The minimum absolute atomic E-state index is 0.0940. The molecule has 0 radical (unpaired) electrons. The zero-order valence-electron chi connectivity index (χ0n) is 13.3. The number of hydrogen-bond acceptors (Lipinski definition) is 5. The first-order valence-electron chi connectivity index (χ1n) is 7.42. The van der Waals surface area contributed by atoms with Crippen molar-refractivity contribution >= 4 is 32.8 Å². The molecule has 0 spiro atoms. The molecule has 1 N–H and O–H groups in total. The van der Waals surface area contributed by atoms with Gasteiger partial charge in [0.15, 0.2) is 4.60 Å². The Bertz CT molecular complexity index is 718. The molecular weight excluding hydrogens is 312 g/mol. The Balaban J connectivity index is 2.15. The van der Waals surface area contributed by atoms with Crippen molar-refractivity contribution in [3.8, 4) is 5.75 Å². The van der Waals surface area contributed by atoms with E-state index in [1.54, 1.807) is 0 Å². The second-order valence-electron chi connectivity index (χ2n) is 4.52. The molecule has 7 heteroatoms.